The van der Waals surface area contributed by atoms with Gasteiger partial charge in [0, 0.05) is 29.6 Å². The number of hydrogen-bond donors (Lipinski definition) is 0. The smallest absolute Gasteiger partial charge is 0.165 e. The zero-order valence-corrected chi connectivity index (χ0v) is 13.1. The first-order valence-electron chi connectivity index (χ1n) is 8.03. The molecule has 2 aromatic carbocycles. The lowest BCUT2D eigenvalue weighted by molar-refractivity contribution is 0.0973. The highest BCUT2D eigenvalue weighted by Gasteiger charge is 2.26. The fraction of sp³-hybridized carbons (Fsp3) is 0.250. The lowest BCUT2D eigenvalue weighted by Crippen LogP contribution is -2.13. The summed E-state index contributed by atoms with van der Waals surface area (Å²) >= 11 is 0. The standard InChI is InChI=1S/C20H18FNO/c1-13-4-2-5-16-19-17(6-3-7-18(19)23)22(20(13)16)12-14-8-10-15(21)11-9-14/h2,4-5,8-11H,3,6-7,12H2,1H3. The van der Waals surface area contributed by atoms with Crippen LogP contribution in [0.1, 0.15) is 40.0 Å². The first-order valence-corrected chi connectivity index (χ1v) is 8.03. The third-order valence-corrected chi connectivity index (χ3v) is 4.74. The number of fused-ring (bicyclic) bond motifs is 3. The Kier molecular flexibility index (Phi) is 3.29. The molecule has 1 aliphatic carbocycles. The zero-order valence-electron chi connectivity index (χ0n) is 13.1. The van der Waals surface area contributed by atoms with Gasteiger partial charge in [0.2, 0.25) is 0 Å². The van der Waals surface area contributed by atoms with E-state index >= 15 is 0 Å². The monoisotopic (exact) mass is 307 g/mol. The fourth-order valence-corrected chi connectivity index (χ4v) is 3.70. The summed E-state index contributed by atoms with van der Waals surface area (Å²) in [7, 11) is 0. The lowest BCUT2D eigenvalue weighted by Gasteiger charge is -2.16. The predicted molar refractivity (Wildman–Crippen MR) is 89.4 cm³/mol. The van der Waals surface area contributed by atoms with Crippen LogP contribution >= 0.6 is 0 Å². The number of carbonyl (C=O) groups excluding carboxylic acids is 1. The van der Waals surface area contributed by atoms with E-state index in [-0.39, 0.29) is 11.6 Å². The first-order chi connectivity index (χ1) is 11.1. The highest BCUT2D eigenvalue weighted by molar-refractivity contribution is 6.10. The Labute approximate surface area is 134 Å². The molecule has 4 rings (SSSR count). The van der Waals surface area contributed by atoms with E-state index < -0.39 is 0 Å². The van der Waals surface area contributed by atoms with Crippen molar-refractivity contribution in [1.82, 2.24) is 4.57 Å². The molecule has 0 bridgehead atoms. The van der Waals surface area contributed by atoms with Gasteiger partial charge < -0.3 is 4.57 Å². The van der Waals surface area contributed by atoms with Crippen molar-refractivity contribution in [2.24, 2.45) is 0 Å². The van der Waals surface area contributed by atoms with Gasteiger partial charge in [0.1, 0.15) is 5.82 Å². The predicted octanol–water partition coefficient (Wildman–Crippen LogP) is 4.66. The summed E-state index contributed by atoms with van der Waals surface area (Å²) in [4.78, 5) is 12.5. The van der Waals surface area contributed by atoms with Crippen LogP contribution < -0.4 is 0 Å². The number of aryl methyl sites for hydroxylation is 1. The van der Waals surface area contributed by atoms with E-state index in [9.17, 15) is 9.18 Å². The van der Waals surface area contributed by atoms with E-state index in [1.165, 1.54) is 17.7 Å². The summed E-state index contributed by atoms with van der Waals surface area (Å²) in [6, 6.07) is 12.8. The second-order valence-corrected chi connectivity index (χ2v) is 6.28. The number of aromatic nitrogens is 1. The molecule has 1 heterocycles. The Morgan fingerprint density at radius 2 is 1.87 bits per heavy atom. The lowest BCUT2D eigenvalue weighted by atomic mass is 9.94. The van der Waals surface area contributed by atoms with E-state index in [4.69, 9.17) is 0 Å². The van der Waals surface area contributed by atoms with Crippen LogP contribution in [0.2, 0.25) is 0 Å². The van der Waals surface area contributed by atoms with Crippen molar-refractivity contribution in [3.05, 3.63) is 70.7 Å². The number of carbonyl (C=O) groups is 1. The van der Waals surface area contributed by atoms with Crippen LogP contribution in [0.15, 0.2) is 42.5 Å². The quantitative estimate of drug-likeness (QED) is 0.675. The second-order valence-electron chi connectivity index (χ2n) is 6.28. The van der Waals surface area contributed by atoms with Crippen molar-refractivity contribution in [3.63, 3.8) is 0 Å². The van der Waals surface area contributed by atoms with Crippen LogP contribution in [0.4, 0.5) is 4.39 Å². The molecule has 0 N–H and O–H groups in total. The fourth-order valence-electron chi connectivity index (χ4n) is 3.70. The van der Waals surface area contributed by atoms with Crippen molar-refractivity contribution >= 4 is 16.7 Å². The molecule has 1 aromatic heterocycles. The minimum absolute atomic E-state index is 0.223. The van der Waals surface area contributed by atoms with Gasteiger partial charge in [-0.05, 0) is 43.0 Å². The van der Waals surface area contributed by atoms with Crippen LogP contribution in [-0.2, 0) is 13.0 Å². The molecule has 0 amide bonds. The molecule has 3 heteroatoms. The molecule has 0 unspecified atom stereocenters. The van der Waals surface area contributed by atoms with E-state index in [0.29, 0.717) is 13.0 Å². The summed E-state index contributed by atoms with van der Waals surface area (Å²) in [5.74, 6) is 0.0270. The van der Waals surface area contributed by atoms with E-state index in [0.717, 1.165) is 40.6 Å². The van der Waals surface area contributed by atoms with Gasteiger partial charge in [0.05, 0.1) is 5.52 Å². The number of para-hydroxylation sites is 1. The maximum atomic E-state index is 13.2. The number of Topliss-reactive ketones (excluding diaryl/α,β-unsaturated/α-hetero) is 1. The molecular weight excluding hydrogens is 289 g/mol. The molecule has 23 heavy (non-hydrogen) atoms. The van der Waals surface area contributed by atoms with Gasteiger partial charge in [0.25, 0.3) is 0 Å². The van der Waals surface area contributed by atoms with Crippen LogP contribution in [-0.4, -0.2) is 10.4 Å². The molecule has 0 atom stereocenters. The van der Waals surface area contributed by atoms with Gasteiger partial charge in [-0.2, -0.15) is 0 Å². The van der Waals surface area contributed by atoms with Crippen LogP contribution in [0.25, 0.3) is 10.9 Å². The van der Waals surface area contributed by atoms with Crippen molar-refractivity contribution in [2.75, 3.05) is 0 Å². The third-order valence-electron chi connectivity index (χ3n) is 4.74. The summed E-state index contributed by atoms with van der Waals surface area (Å²) < 4.78 is 15.4. The van der Waals surface area contributed by atoms with Crippen molar-refractivity contribution in [2.45, 2.75) is 32.7 Å². The summed E-state index contributed by atoms with van der Waals surface area (Å²) in [5, 5.41) is 1.06. The highest BCUT2D eigenvalue weighted by Crippen LogP contribution is 2.34. The number of rotatable bonds is 2. The van der Waals surface area contributed by atoms with Crippen LogP contribution in [0.5, 0.6) is 0 Å². The summed E-state index contributed by atoms with van der Waals surface area (Å²) in [5.41, 5.74) is 5.39. The molecule has 2 nitrogen and oxygen atoms in total. The molecule has 0 fully saturated rings. The molecule has 0 saturated carbocycles. The molecule has 1 aliphatic rings. The maximum absolute atomic E-state index is 13.2. The van der Waals surface area contributed by atoms with E-state index in [2.05, 4.69) is 17.6 Å². The largest absolute Gasteiger partial charge is 0.339 e. The Balaban J connectivity index is 1.94. The van der Waals surface area contributed by atoms with Gasteiger partial charge in [-0.3, -0.25) is 4.79 Å². The van der Waals surface area contributed by atoms with Crippen molar-refractivity contribution in [3.8, 4) is 0 Å². The number of halogens is 1. The molecule has 0 radical (unpaired) electrons. The van der Waals surface area contributed by atoms with Gasteiger partial charge in [-0.15, -0.1) is 0 Å². The molecule has 116 valence electrons. The summed E-state index contributed by atoms with van der Waals surface area (Å²) in [6.07, 6.45) is 2.47. The van der Waals surface area contributed by atoms with Crippen LogP contribution in [0, 0.1) is 12.7 Å². The molecule has 0 spiro atoms. The Morgan fingerprint density at radius 3 is 2.65 bits per heavy atom. The van der Waals surface area contributed by atoms with Gasteiger partial charge in [0.15, 0.2) is 5.78 Å². The maximum Gasteiger partial charge on any atom is 0.165 e. The summed E-state index contributed by atoms with van der Waals surface area (Å²) in [6.45, 7) is 2.75. The molecule has 3 aromatic rings. The number of benzene rings is 2. The Hall–Kier alpha value is -2.42. The molecule has 0 saturated heterocycles. The van der Waals surface area contributed by atoms with Crippen molar-refractivity contribution in [1.29, 1.82) is 0 Å². The Morgan fingerprint density at radius 1 is 1.09 bits per heavy atom. The number of hydrogen-bond acceptors (Lipinski definition) is 1. The average Bonchev–Trinajstić information content (AvgIpc) is 2.86. The van der Waals surface area contributed by atoms with E-state index in [1.807, 2.05) is 24.3 Å². The number of nitrogens with zero attached hydrogens (tertiary/aromatic N) is 1. The molecular formula is C20H18FNO. The molecule has 0 aliphatic heterocycles. The minimum Gasteiger partial charge on any atom is -0.339 e. The van der Waals surface area contributed by atoms with Gasteiger partial charge in [-0.25, -0.2) is 4.39 Å². The SMILES string of the molecule is Cc1cccc2c3c(n(Cc4ccc(F)cc4)c12)CCCC3=O. The van der Waals surface area contributed by atoms with Gasteiger partial charge in [-0.1, -0.05) is 30.3 Å². The Bertz CT molecular complexity index is 906. The second kappa shape index (κ2) is 5.34. The average molecular weight is 307 g/mol. The normalized spacial score (nSPS) is 14.3. The van der Waals surface area contributed by atoms with Gasteiger partial charge >= 0.3 is 0 Å². The third kappa shape index (κ3) is 2.27. The zero-order chi connectivity index (χ0) is 16.0. The number of ketones is 1. The minimum atomic E-state index is -0.223. The van der Waals surface area contributed by atoms with E-state index in [1.54, 1.807) is 0 Å². The highest BCUT2D eigenvalue weighted by atomic mass is 19.1. The van der Waals surface area contributed by atoms with Crippen molar-refractivity contribution < 1.29 is 9.18 Å². The topological polar surface area (TPSA) is 22.0 Å². The van der Waals surface area contributed by atoms with Crippen LogP contribution in [0.3, 0.4) is 0 Å². The first kappa shape index (κ1) is 14.2.